The van der Waals surface area contributed by atoms with Crippen molar-refractivity contribution in [1.82, 2.24) is 15.0 Å². The smallest absolute Gasteiger partial charge is 0.664 e. The Balaban J connectivity index is 0.00000580. The number of esters is 2. The fraction of sp³-hybridized carbons (Fsp3) is 0.444. The number of aromatic nitrogens is 3. The Hall–Kier alpha value is -4.28. The van der Waals surface area contributed by atoms with E-state index in [2.05, 4.69) is 47.8 Å². The molecular formula is C45H52MgN4O5-2. The number of ketones is 1. The van der Waals surface area contributed by atoms with Crippen LogP contribution in [-0.4, -0.2) is 54.5 Å². The number of fused-ring (bicyclic) bond motifs is 7. The molecule has 286 valence electrons. The molecule has 55 heavy (non-hydrogen) atoms. The van der Waals surface area contributed by atoms with Crippen molar-refractivity contribution in [1.29, 1.82) is 0 Å². The molecule has 2 aliphatic heterocycles. The van der Waals surface area contributed by atoms with Gasteiger partial charge in [-0.3, -0.25) is 14.4 Å². The Bertz CT molecular complexity index is 2220. The van der Waals surface area contributed by atoms with Crippen molar-refractivity contribution < 1.29 is 23.9 Å². The molecule has 0 saturated carbocycles. The average Bonchev–Trinajstić information content (AvgIpc) is 3.87. The first-order valence-corrected chi connectivity index (χ1v) is 19.2. The minimum absolute atomic E-state index is 0. The molecule has 3 aromatic rings. The summed E-state index contributed by atoms with van der Waals surface area (Å²) in [6.45, 7) is 23.1. The Morgan fingerprint density at radius 1 is 0.945 bits per heavy atom. The molecule has 8 bridgehead atoms. The summed E-state index contributed by atoms with van der Waals surface area (Å²) in [6, 6.07) is 0. The molecule has 0 spiro atoms. The van der Waals surface area contributed by atoms with E-state index in [1.54, 1.807) is 0 Å². The van der Waals surface area contributed by atoms with Crippen LogP contribution in [0.5, 0.6) is 0 Å². The van der Waals surface area contributed by atoms with E-state index in [0.29, 0.717) is 52.5 Å². The van der Waals surface area contributed by atoms with Crippen LogP contribution in [0, 0.1) is 44.4 Å². The first-order chi connectivity index (χ1) is 25.8. The van der Waals surface area contributed by atoms with Crippen molar-refractivity contribution in [2.24, 2.45) is 23.7 Å². The first-order valence-electron chi connectivity index (χ1n) is 19.2. The summed E-state index contributed by atoms with van der Waals surface area (Å²) in [4.78, 5) is 56.1. The molecule has 6 rings (SSSR count). The van der Waals surface area contributed by atoms with Gasteiger partial charge in [0.1, 0.15) is 5.92 Å². The van der Waals surface area contributed by atoms with Gasteiger partial charge in [-0.15, -0.1) is 33.5 Å². The van der Waals surface area contributed by atoms with Gasteiger partial charge in [-0.2, -0.15) is 11.4 Å². The summed E-state index contributed by atoms with van der Waals surface area (Å²) in [5.74, 6) is -2.40. The molecule has 3 aromatic heterocycles. The SMILES string of the molecule is C=Cc1c2[n-]c(c1C)/C=C1\[N-]/C(=C3\c4[n-]c(c(C)c4C(=O)[C@@H]3C(=O)OC)/C=c3\[n-]/c(c(C)c3CC)=C\2)[C@@H](CCC(=O)OCCC(=C)CCCC(C)C)[C@@H]1C.[Mg+2]. The van der Waals surface area contributed by atoms with Gasteiger partial charge in [-0.1, -0.05) is 105 Å². The van der Waals surface area contributed by atoms with E-state index in [-0.39, 0.29) is 59.7 Å². The third kappa shape index (κ3) is 8.03. The number of Topliss-reactive ketones (excluding diaryl/α,β-unsaturated/α-hetero) is 1. The van der Waals surface area contributed by atoms with Crippen LogP contribution in [0.3, 0.4) is 0 Å². The summed E-state index contributed by atoms with van der Waals surface area (Å²) < 4.78 is 10.9. The molecule has 0 N–H and O–H groups in total. The number of methoxy groups -OCH3 is 1. The largest absolute Gasteiger partial charge is 2.00 e. The molecule has 1 fully saturated rings. The van der Waals surface area contributed by atoms with Crippen LogP contribution in [0.2, 0.25) is 0 Å². The minimum atomic E-state index is -1.22. The molecule has 0 aromatic carbocycles. The number of carbonyl (C=O) groups is 3. The van der Waals surface area contributed by atoms with Gasteiger partial charge in [-0.05, 0) is 69.8 Å². The van der Waals surface area contributed by atoms with Crippen molar-refractivity contribution in [2.45, 2.75) is 93.4 Å². The number of allylic oxidation sites excluding steroid dienone is 2. The predicted molar refractivity (Wildman–Crippen MR) is 218 cm³/mol. The van der Waals surface area contributed by atoms with E-state index in [9.17, 15) is 14.4 Å². The summed E-state index contributed by atoms with van der Waals surface area (Å²) in [5.41, 5.74) is 10.5. The number of rotatable bonds is 13. The monoisotopic (exact) mass is 752 g/mol. The van der Waals surface area contributed by atoms with Gasteiger partial charge in [0.25, 0.3) is 0 Å². The molecule has 3 aliphatic rings. The molecule has 0 amide bonds. The maximum absolute atomic E-state index is 14.3. The third-order valence-corrected chi connectivity index (χ3v) is 11.4. The van der Waals surface area contributed by atoms with Crippen LogP contribution < -0.4 is 25.7 Å². The minimum Gasteiger partial charge on any atom is -0.664 e. The van der Waals surface area contributed by atoms with Crippen molar-refractivity contribution in [3.8, 4) is 0 Å². The van der Waals surface area contributed by atoms with Crippen LogP contribution in [0.4, 0.5) is 0 Å². The molecule has 10 heteroatoms. The Kier molecular flexibility index (Phi) is 13.1. The number of carbonyl (C=O) groups excluding carboxylic acids is 3. The van der Waals surface area contributed by atoms with Gasteiger partial charge in [0, 0.05) is 18.4 Å². The van der Waals surface area contributed by atoms with Crippen LogP contribution in [-0.2, 0) is 25.5 Å². The zero-order valence-corrected chi connectivity index (χ0v) is 35.1. The molecule has 5 heterocycles. The normalized spacial score (nSPS) is 21.8. The van der Waals surface area contributed by atoms with E-state index < -0.39 is 11.9 Å². The van der Waals surface area contributed by atoms with Gasteiger partial charge < -0.3 is 29.7 Å². The molecule has 1 aliphatic carbocycles. The summed E-state index contributed by atoms with van der Waals surface area (Å²) in [7, 11) is 1.29. The predicted octanol–water partition coefficient (Wildman–Crippen LogP) is 6.75. The number of nitrogens with zero attached hydrogens (tertiary/aromatic N) is 4. The molecule has 0 radical (unpaired) electrons. The Morgan fingerprint density at radius 2 is 1.65 bits per heavy atom. The van der Waals surface area contributed by atoms with Crippen LogP contribution >= 0.6 is 0 Å². The summed E-state index contributed by atoms with van der Waals surface area (Å²) in [6.07, 6.45) is 12.8. The second kappa shape index (κ2) is 17.2. The zero-order valence-electron chi connectivity index (χ0n) is 33.7. The van der Waals surface area contributed by atoms with Gasteiger partial charge >= 0.3 is 35.0 Å². The fourth-order valence-electron chi connectivity index (χ4n) is 8.19. The maximum Gasteiger partial charge on any atom is 2.00 e. The molecule has 9 nitrogen and oxygen atoms in total. The topological polar surface area (TPSA) is 126 Å². The summed E-state index contributed by atoms with van der Waals surface area (Å²) >= 11 is 0. The van der Waals surface area contributed by atoms with E-state index in [1.807, 2.05) is 38.2 Å². The number of hydrogen-bond donors (Lipinski definition) is 0. The Morgan fingerprint density at radius 3 is 2.33 bits per heavy atom. The van der Waals surface area contributed by atoms with Crippen LogP contribution in [0.1, 0.15) is 127 Å². The molecule has 0 unspecified atom stereocenters. The second-order valence-electron chi connectivity index (χ2n) is 15.3. The van der Waals surface area contributed by atoms with Gasteiger partial charge in [0.05, 0.1) is 13.7 Å². The van der Waals surface area contributed by atoms with E-state index >= 15 is 0 Å². The standard InChI is InChI=1S/C45H53N4O5.Mg/c1-11-29-25(6)32-20-34-27(8)31(16-17-38(50)54-19-18-24(5)15-13-14-23(3)4)42(48-34)40-41(45(52)53-10)44(51)39-28(9)35(49-43(39)40)22-37-30(12-2)26(7)33(47-37)21-36(29)46-32;/h11,20-23,27,31,41H,1,5,12-19H2,2-4,6-10H3,(H-,48,49,51);/q-3;+2/p-1/b33-21-,34-20-,37-22-;/t27-,31-,41+;/m0./s1. The summed E-state index contributed by atoms with van der Waals surface area (Å²) in [5, 5.41) is 6.79. The molecule has 3 atom stereocenters. The van der Waals surface area contributed by atoms with Crippen molar-refractivity contribution in [3.63, 3.8) is 0 Å². The number of ether oxygens (including phenoxy) is 2. The maximum atomic E-state index is 14.3. The molecule has 1 saturated heterocycles. The van der Waals surface area contributed by atoms with Crippen molar-refractivity contribution in [2.75, 3.05) is 13.7 Å². The second-order valence-corrected chi connectivity index (χ2v) is 15.3. The van der Waals surface area contributed by atoms with Crippen LogP contribution in [0.25, 0.3) is 35.2 Å². The first kappa shape index (κ1) is 41.9. The van der Waals surface area contributed by atoms with Gasteiger partial charge in [-0.25, -0.2) is 0 Å². The number of hydrogen-bond acceptors (Lipinski definition) is 5. The van der Waals surface area contributed by atoms with E-state index in [4.69, 9.17) is 29.7 Å². The van der Waals surface area contributed by atoms with Gasteiger partial charge in [0.15, 0.2) is 5.78 Å². The quantitative estimate of drug-likeness (QED) is 0.0813. The molecular weight excluding hydrogens is 701 g/mol. The van der Waals surface area contributed by atoms with Crippen molar-refractivity contribution >= 4 is 70.7 Å². The van der Waals surface area contributed by atoms with E-state index in [0.717, 1.165) is 81.3 Å². The van der Waals surface area contributed by atoms with Crippen molar-refractivity contribution in [3.05, 3.63) is 102 Å². The van der Waals surface area contributed by atoms with Crippen LogP contribution in [0.15, 0.2) is 30.1 Å². The third-order valence-electron chi connectivity index (χ3n) is 11.4. The fourth-order valence-corrected chi connectivity index (χ4v) is 8.19. The zero-order chi connectivity index (χ0) is 39.0. The average molecular weight is 753 g/mol. The Labute approximate surface area is 341 Å². The van der Waals surface area contributed by atoms with Gasteiger partial charge in [0.2, 0.25) is 0 Å². The van der Waals surface area contributed by atoms with E-state index in [1.165, 1.54) is 7.11 Å².